The average Bonchev–Trinajstić information content (AvgIpc) is 2.30. The molecule has 0 bridgehead atoms. The van der Waals surface area contributed by atoms with E-state index < -0.39 is 0 Å². The van der Waals surface area contributed by atoms with Crippen LogP contribution >= 0.6 is 28.1 Å². The first-order valence-electron chi connectivity index (χ1n) is 5.68. The van der Waals surface area contributed by atoms with Crippen LogP contribution in [0.3, 0.4) is 0 Å². The highest BCUT2D eigenvalue weighted by molar-refractivity contribution is 9.10. The van der Waals surface area contributed by atoms with Crippen molar-refractivity contribution in [3.8, 4) is 0 Å². The van der Waals surface area contributed by atoms with Crippen molar-refractivity contribution in [1.29, 1.82) is 0 Å². The monoisotopic (exact) mass is 329 g/mol. The Bertz CT molecular complexity index is 451. The molecule has 0 aliphatic heterocycles. The largest absolute Gasteiger partial charge is 0.399 e. The molecule has 0 saturated carbocycles. The van der Waals surface area contributed by atoms with Gasteiger partial charge in [-0.05, 0) is 52.8 Å². The molecule has 0 spiro atoms. The normalized spacial score (nSPS) is 9.89. The van der Waals surface area contributed by atoms with Gasteiger partial charge in [-0.15, -0.1) is 0 Å². The maximum absolute atomic E-state index is 11.5. The number of amides is 1. The number of halogens is 1. The third kappa shape index (κ3) is 5.01. The van der Waals surface area contributed by atoms with Gasteiger partial charge < -0.3 is 16.4 Å². The van der Waals surface area contributed by atoms with E-state index in [4.69, 9.17) is 18.0 Å². The lowest BCUT2D eigenvalue weighted by Gasteiger charge is -2.11. The van der Waals surface area contributed by atoms with Gasteiger partial charge in [0.25, 0.3) is 0 Å². The lowest BCUT2D eigenvalue weighted by Crippen LogP contribution is -2.34. The average molecular weight is 330 g/mol. The number of nitrogens with two attached hydrogens (primary N) is 1. The lowest BCUT2D eigenvalue weighted by molar-refractivity contribution is -0.119. The SMILES string of the molecule is CCCCC(=O)NC(=S)Nc1ccc(N)cc1Br. The van der Waals surface area contributed by atoms with Crippen LogP contribution in [0.2, 0.25) is 0 Å². The molecule has 1 aromatic rings. The maximum atomic E-state index is 11.5. The number of nitrogens with one attached hydrogen (secondary N) is 2. The summed E-state index contributed by atoms with van der Waals surface area (Å²) in [6.07, 6.45) is 2.33. The third-order valence-corrected chi connectivity index (χ3v) is 3.11. The van der Waals surface area contributed by atoms with Crippen LogP contribution in [0.5, 0.6) is 0 Å². The first-order valence-corrected chi connectivity index (χ1v) is 6.89. The van der Waals surface area contributed by atoms with Gasteiger partial charge in [0, 0.05) is 16.6 Å². The van der Waals surface area contributed by atoms with Crippen LogP contribution < -0.4 is 16.4 Å². The molecule has 0 aliphatic carbocycles. The predicted molar refractivity (Wildman–Crippen MR) is 82.4 cm³/mol. The maximum Gasteiger partial charge on any atom is 0.226 e. The summed E-state index contributed by atoms with van der Waals surface area (Å²) >= 11 is 8.43. The van der Waals surface area contributed by atoms with Crippen LogP contribution in [-0.4, -0.2) is 11.0 Å². The molecule has 4 N–H and O–H groups in total. The number of unbranched alkanes of at least 4 members (excludes halogenated alkanes) is 1. The van der Waals surface area contributed by atoms with Crippen LogP contribution in [0.1, 0.15) is 26.2 Å². The predicted octanol–water partition coefficient (Wildman–Crippen LogP) is 3.03. The third-order valence-electron chi connectivity index (χ3n) is 2.25. The number of hydrogen-bond donors (Lipinski definition) is 3. The summed E-state index contributed by atoms with van der Waals surface area (Å²) in [4.78, 5) is 11.5. The first-order chi connectivity index (χ1) is 8.52. The Morgan fingerprint density at radius 3 is 2.83 bits per heavy atom. The number of hydrogen-bond acceptors (Lipinski definition) is 3. The Hall–Kier alpha value is -1.14. The molecule has 6 heteroatoms. The molecule has 0 aliphatic rings. The van der Waals surface area contributed by atoms with E-state index in [0.717, 1.165) is 23.0 Å². The molecule has 0 aromatic heterocycles. The van der Waals surface area contributed by atoms with Gasteiger partial charge in [0.2, 0.25) is 5.91 Å². The summed E-state index contributed by atoms with van der Waals surface area (Å²) in [5, 5.41) is 5.87. The van der Waals surface area contributed by atoms with Gasteiger partial charge in [-0.3, -0.25) is 4.79 Å². The molecule has 0 radical (unpaired) electrons. The van der Waals surface area contributed by atoms with Gasteiger partial charge in [-0.25, -0.2) is 0 Å². The summed E-state index contributed by atoms with van der Waals surface area (Å²) < 4.78 is 0.799. The summed E-state index contributed by atoms with van der Waals surface area (Å²) in [7, 11) is 0. The Kier molecular flexibility index (Phi) is 6.07. The number of anilines is 2. The van der Waals surface area contributed by atoms with Crippen molar-refractivity contribution in [3.05, 3.63) is 22.7 Å². The van der Waals surface area contributed by atoms with Crippen molar-refractivity contribution in [2.75, 3.05) is 11.1 Å². The Labute approximate surface area is 120 Å². The zero-order valence-corrected chi connectivity index (χ0v) is 12.5. The van der Waals surface area contributed by atoms with Crippen LogP contribution in [0.4, 0.5) is 11.4 Å². The van der Waals surface area contributed by atoms with Gasteiger partial charge in [0.15, 0.2) is 5.11 Å². The van der Waals surface area contributed by atoms with Gasteiger partial charge in [-0.1, -0.05) is 13.3 Å². The smallest absolute Gasteiger partial charge is 0.226 e. The minimum atomic E-state index is -0.0686. The number of carbonyl (C=O) groups excluding carboxylic acids is 1. The van der Waals surface area contributed by atoms with Crippen LogP contribution in [0, 0.1) is 0 Å². The van der Waals surface area contributed by atoms with E-state index in [1.54, 1.807) is 18.2 Å². The summed E-state index contributed by atoms with van der Waals surface area (Å²) in [6.45, 7) is 2.04. The molecule has 0 unspecified atom stereocenters. The van der Waals surface area contributed by atoms with Crippen molar-refractivity contribution >= 4 is 50.5 Å². The van der Waals surface area contributed by atoms with Crippen molar-refractivity contribution in [2.24, 2.45) is 0 Å². The molecular formula is C12H16BrN3OS. The van der Waals surface area contributed by atoms with Crippen molar-refractivity contribution in [3.63, 3.8) is 0 Å². The van der Waals surface area contributed by atoms with Gasteiger partial charge in [-0.2, -0.15) is 0 Å². The molecule has 98 valence electrons. The number of thiocarbonyl (C=S) groups is 1. The standard InChI is InChI=1S/C12H16BrN3OS/c1-2-3-4-11(17)16-12(18)15-10-6-5-8(14)7-9(10)13/h5-7H,2-4,14H2,1H3,(H2,15,16,17,18). The van der Waals surface area contributed by atoms with Gasteiger partial charge in [0.1, 0.15) is 0 Å². The van der Waals surface area contributed by atoms with E-state index in [1.165, 1.54) is 0 Å². The number of rotatable bonds is 4. The second-order valence-electron chi connectivity index (χ2n) is 3.85. The van der Waals surface area contributed by atoms with E-state index in [1.807, 2.05) is 6.92 Å². The summed E-state index contributed by atoms with van der Waals surface area (Å²) in [5.41, 5.74) is 7.06. The zero-order chi connectivity index (χ0) is 13.5. The minimum absolute atomic E-state index is 0.0686. The summed E-state index contributed by atoms with van der Waals surface area (Å²) in [6, 6.07) is 5.32. The van der Waals surface area contributed by atoms with Crippen LogP contribution in [-0.2, 0) is 4.79 Å². The molecular weight excluding hydrogens is 314 g/mol. The topological polar surface area (TPSA) is 67.2 Å². The van der Waals surface area contributed by atoms with Crippen LogP contribution in [0.15, 0.2) is 22.7 Å². The van der Waals surface area contributed by atoms with Crippen LogP contribution in [0.25, 0.3) is 0 Å². The molecule has 1 rings (SSSR count). The second kappa shape index (κ2) is 7.33. The highest BCUT2D eigenvalue weighted by Crippen LogP contribution is 2.24. The van der Waals surface area contributed by atoms with Gasteiger partial charge in [0.05, 0.1) is 5.69 Å². The fourth-order valence-corrected chi connectivity index (χ4v) is 2.03. The molecule has 0 fully saturated rings. The Balaban J connectivity index is 2.51. The molecule has 0 saturated heterocycles. The number of carbonyl (C=O) groups is 1. The molecule has 1 aromatic carbocycles. The molecule has 0 heterocycles. The zero-order valence-electron chi connectivity index (χ0n) is 10.1. The fourth-order valence-electron chi connectivity index (χ4n) is 1.31. The number of benzene rings is 1. The Morgan fingerprint density at radius 1 is 1.50 bits per heavy atom. The molecule has 1 amide bonds. The van der Waals surface area contributed by atoms with E-state index in [2.05, 4.69) is 26.6 Å². The number of nitrogen functional groups attached to an aromatic ring is 1. The van der Waals surface area contributed by atoms with E-state index in [0.29, 0.717) is 17.2 Å². The Morgan fingerprint density at radius 2 is 2.22 bits per heavy atom. The molecule has 0 atom stereocenters. The highest BCUT2D eigenvalue weighted by atomic mass is 79.9. The quantitative estimate of drug-likeness (QED) is 0.586. The van der Waals surface area contributed by atoms with E-state index in [-0.39, 0.29) is 5.91 Å². The van der Waals surface area contributed by atoms with Gasteiger partial charge >= 0.3 is 0 Å². The summed E-state index contributed by atoms with van der Waals surface area (Å²) in [5.74, 6) is -0.0686. The fraction of sp³-hybridized carbons (Fsp3) is 0.333. The first kappa shape index (κ1) is 14.9. The highest BCUT2D eigenvalue weighted by Gasteiger charge is 2.06. The lowest BCUT2D eigenvalue weighted by atomic mass is 10.2. The van der Waals surface area contributed by atoms with Crippen molar-refractivity contribution in [2.45, 2.75) is 26.2 Å². The van der Waals surface area contributed by atoms with Crippen molar-refractivity contribution < 1.29 is 4.79 Å². The van der Waals surface area contributed by atoms with E-state index in [9.17, 15) is 4.79 Å². The minimum Gasteiger partial charge on any atom is -0.399 e. The molecule has 4 nitrogen and oxygen atoms in total. The second-order valence-corrected chi connectivity index (χ2v) is 5.11. The molecule has 18 heavy (non-hydrogen) atoms. The van der Waals surface area contributed by atoms with E-state index >= 15 is 0 Å². The van der Waals surface area contributed by atoms with Crippen molar-refractivity contribution in [1.82, 2.24) is 5.32 Å².